The van der Waals surface area contributed by atoms with Crippen LogP contribution in [0.2, 0.25) is 0 Å². The summed E-state index contributed by atoms with van der Waals surface area (Å²) in [5, 5.41) is 9.93. The van der Waals surface area contributed by atoms with Crippen LogP contribution in [0.15, 0.2) is 72.8 Å². The number of esters is 1. The molecule has 28 heavy (non-hydrogen) atoms. The number of phenols is 1. The number of ether oxygens (including phenoxy) is 1. The molecule has 0 aliphatic heterocycles. The fourth-order valence-electron chi connectivity index (χ4n) is 2.71. The molecule has 0 aliphatic carbocycles. The molecular weight excluding hydrogens is 356 g/mol. The number of rotatable bonds is 6. The zero-order chi connectivity index (χ0) is 20.1. The molecule has 5 heteroatoms. The zero-order valence-corrected chi connectivity index (χ0v) is 15.2. The summed E-state index contributed by atoms with van der Waals surface area (Å²) in [7, 11) is 0. The Bertz CT molecular complexity index is 1040. The lowest BCUT2D eigenvalue weighted by Gasteiger charge is -2.09. The predicted octanol–water partition coefficient (Wildman–Crippen LogP) is 4.18. The van der Waals surface area contributed by atoms with Crippen molar-refractivity contribution >= 4 is 17.5 Å². The minimum atomic E-state index is -0.640. The molecule has 0 heterocycles. The number of hydrogen-bond acceptors (Lipinski definition) is 5. The van der Waals surface area contributed by atoms with Gasteiger partial charge in [0.15, 0.2) is 11.6 Å². The Balaban J connectivity index is 1.91. The van der Waals surface area contributed by atoms with Crippen molar-refractivity contribution in [1.82, 2.24) is 0 Å². The number of hydrogen-bond donors (Lipinski definition) is 1. The Morgan fingerprint density at radius 3 is 2.11 bits per heavy atom. The van der Waals surface area contributed by atoms with Gasteiger partial charge < -0.3 is 9.84 Å². The van der Waals surface area contributed by atoms with E-state index in [0.717, 1.165) is 5.56 Å². The van der Waals surface area contributed by atoms with Gasteiger partial charge in [-0.25, -0.2) is 4.79 Å². The maximum absolute atomic E-state index is 12.8. The molecule has 3 rings (SSSR count). The number of Topliss-reactive ketones (excluding diaryl/α,β-unsaturated/α-hetero) is 1. The Kier molecular flexibility index (Phi) is 5.65. The minimum absolute atomic E-state index is 0.0761. The highest BCUT2D eigenvalue weighted by Gasteiger charge is 2.18. The maximum atomic E-state index is 12.8. The molecule has 0 unspecified atom stereocenters. The van der Waals surface area contributed by atoms with Crippen LogP contribution in [-0.4, -0.2) is 22.6 Å². The average Bonchev–Trinajstić information content (AvgIpc) is 2.72. The Hall–Kier alpha value is -3.73. The van der Waals surface area contributed by atoms with Gasteiger partial charge in [-0.3, -0.25) is 9.59 Å². The van der Waals surface area contributed by atoms with Gasteiger partial charge in [-0.2, -0.15) is 0 Å². The van der Waals surface area contributed by atoms with Crippen molar-refractivity contribution in [3.63, 3.8) is 0 Å². The van der Waals surface area contributed by atoms with Crippen LogP contribution >= 0.6 is 0 Å². The Morgan fingerprint density at radius 1 is 0.821 bits per heavy atom. The van der Waals surface area contributed by atoms with E-state index in [9.17, 15) is 19.5 Å². The van der Waals surface area contributed by atoms with E-state index in [1.807, 2.05) is 30.3 Å². The standard InChI is InChI=1S/C23H18O5/c1-15(24)17-11-18(22(26)20-9-5-6-10-21(20)25)13-19(12-17)23(27)28-14-16-7-3-2-4-8-16/h2-13,25H,14H2,1H3. The van der Waals surface area contributed by atoms with Crippen LogP contribution in [0.25, 0.3) is 0 Å². The molecule has 0 aromatic heterocycles. The van der Waals surface area contributed by atoms with E-state index in [4.69, 9.17) is 4.74 Å². The highest BCUT2D eigenvalue weighted by molar-refractivity contribution is 6.13. The molecule has 0 aliphatic rings. The van der Waals surface area contributed by atoms with E-state index in [1.54, 1.807) is 12.1 Å². The molecule has 1 N–H and O–H groups in total. The van der Waals surface area contributed by atoms with Crippen LogP contribution in [0.1, 0.15) is 49.1 Å². The summed E-state index contributed by atoms with van der Waals surface area (Å²) in [6.07, 6.45) is 0. The molecule has 0 fully saturated rings. The maximum Gasteiger partial charge on any atom is 0.338 e. The van der Waals surface area contributed by atoms with Gasteiger partial charge in [0.1, 0.15) is 12.4 Å². The van der Waals surface area contributed by atoms with Gasteiger partial charge >= 0.3 is 5.97 Å². The third-order valence-corrected chi connectivity index (χ3v) is 4.20. The lowest BCUT2D eigenvalue weighted by Crippen LogP contribution is -2.10. The van der Waals surface area contributed by atoms with E-state index < -0.39 is 11.8 Å². The van der Waals surface area contributed by atoms with Gasteiger partial charge in [0.25, 0.3) is 0 Å². The van der Waals surface area contributed by atoms with Crippen LogP contribution < -0.4 is 0 Å². The van der Waals surface area contributed by atoms with Crippen molar-refractivity contribution in [3.8, 4) is 5.75 Å². The first-order valence-corrected chi connectivity index (χ1v) is 8.65. The lowest BCUT2D eigenvalue weighted by molar-refractivity contribution is 0.0472. The summed E-state index contributed by atoms with van der Waals surface area (Å²) in [4.78, 5) is 37.1. The van der Waals surface area contributed by atoms with E-state index in [1.165, 1.54) is 37.3 Å². The molecule has 3 aromatic carbocycles. The van der Waals surface area contributed by atoms with E-state index >= 15 is 0 Å². The first-order chi connectivity index (χ1) is 13.5. The molecule has 140 valence electrons. The monoisotopic (exact) mass is 374 g/mol. The summed E-state index contributed by atoms with van der Waals surface area (Å²) < 4.78 is 5.30. The third kappa shape index (κ3) is 4.32. The van der Waals surface area contributed by atoms with Gasteiger partial charge in [0.2, 0.25) is 0 Å². The second kappa shape index (κ2) is 8.31. The number of benzene rings is 3. The molecule has 3 aromatic rings. The second-order valence-corrected chi connectivity index (χ2v) is 6.26. The number of carbonyl (C=O) groups is 3. The van der Waals surface area contributed by atoms with Crippen LogP contribution in [0.3, 0.4) is 0 Å². The predicted molar refractivity (Wildman–Crippen MR) is 104 cm³/mol. The molecule has 0 bridgehead atoms. The first kappa shape index (κ1) is 19.0. The number of carbonyl (C=O) groups excluding carboxylic acids is 3. The van der Waals surface area contributed by atoms with Crippen molar-refractivity contribution in [1.29, 1.82) is 0 Å². The van der Waals surface area contributed by atoms with Crippen LogP contribution in [-0.2, 0) is 11.3 Å². The average molecular weight is 374 g/mol. The zero-order valence-electron chi connectivity index (χ0n) is 15.2. The fraction of sp³-hybridized carbons (Fsp3) is 0.0870. The molecule has 0 amide bonds. The van der Waals surface area contributed by atoms with Crippen molar-refractivity contribution in [2.75, 3.05) is 0 Å². The molecule has 0 spiro atoms. The van der Waals surface area contributed by atoms with Crippen LogP contribution in [0.5, 0.6) is 5.75 Å². The SMILES string of the molecule is CC(=O)c1cc(C(=O)OCc2ccccc2)cc(C(=O)c2ccccc2O)c1. The van der Waals surface area contributed by atoms with Crippen molar-refractivity contribution < 1.29 is 24.2 Å². The Labute approximate surface area is 162 Å². The molecule has 0 saturated heterocycles. The van der Waals surface area contributed by atoms with Crippen molar-refractivity contribution in [2.45, 2.75) is 13.5 Å². The topological polar surface area (TPSA) is 80.7 Å². The molecule has 0 atom stereocenters. The van der Waals surface area contributed by atoms with Gasteiger partial charge in [-0.1, -0.05) is 42.5 Å². The lowest BCUT2D eigenvalue weighted by atomic mass is 9.97. The van der Waals surface area contributed by atoms with Crippen molar-refractivity contribution in [2.24, 2.45) is 0 Å². The molecule has 0 saturated carbocycles. The smallest absolute Gasteiger partial charge is 0.338 e. The fourth-order valence-corrected chi connectivity index (χ4v) is 2.71. The van der Waals surface area contributed by atoms with E-state index in [2.05, 4.69) is 0 Å². The second-order valence-electron chi connectivity index (χ2n) is 6.26. The van der Waals surface area contributed by atoms with E-state index in [0.29, 0.717) is 0 Å². The van der Waals surface area contributed by atoms with Gasteiger partial charge in [-0.15, -0.1) is 0 Å². The minimum Gasteiger partial charge on any atom is -0.507 e. The largest absolute Gasteiger partial charge is 0.507 e. The number of aromatic hydroxyl groups is 1. The number of phenolic OH excluding ortho intramolecular Hbond substituents is 1. The normalized spacial score (nSPS) is 10.3. The molecular formula is C23H18O5. The Morgan fingerprint density at radius 2 is 1.43 bits per heavy atom. The summed E-state index contributed by atoms with van der Waals surface area (Å²) in [6, 6.07) is 19.5. The quantitative estimate of drug-likeness (QED) is 0.517. The van der Waals surface area contributed by atoms with E-state index in [-0.39, 0.29) is 40.4 Å². The van der Waals surface area contributed by atoms with Crippen LogP contribution in [0.4, 0.5) is 0 Å². The van der Waals surface area contributed by atoms with Gasteiger partial charge in [0, 0.05) is 11.1 Å². The summed E-state index contributed by atoms with van der Waals surface area (Å²) in [5.74, 6) is -1.59. The highest BCUT2D eigenvalue weighted by Crippen LogP contribution is 2.22. The first-order valence-electron chi connectivity index (χ1n) is 8.65. The third-order valence-electron chi connectivity index (χ3n) is 4.20. The van der Waals surface area contributed by atoms with Gasteiger partial charge in [-0.05, 0) is 42.8 Å². The highest BCUT2D eigenvalue weighted by atomic mass is 16.5. The summed E-state index contributed by atoms with van der Waals surface area (Å²) in [6.45, 7) is 1.43. The molecule has 0 radical (unpaired) electrons. The molecule has 5 nitrogen and oxygen atoms in total. The van der Waals surface area contributed by atoms with Crippen molar-refractivity contribution in [3.05, 3.63) is 101 Å². The van der Waals surface area contributed by atoms with Gasteiger partial charge in [0.05, 0.1) is 11.1 Å². The number of para-hydroxylation sites is 1. The number of ketones is 2. The summed E-state index contributed by atoms with van der Waals surface area (Å²) in [5.41, 5.74) is 1.35. The summed E-state index contributed by atoms with van der Waals surface area (Å²) >= 11 is 0. The van der Waals surface area contributed by atoms with Crippen LogP contribution in [0, 0.1) is 0 Å².